The molecule has 4 heteroatoms. The molecule has 1 atom stereocenters. The number of rotatable bonds is 4. The van der Waals surface area contributed by atoms with Gasteiger partial charge in [0.15, 0.2) is 0 Å². The Kier molecular flexibility index (Phi) is 5.45. The Labute approximate surface area is 158 Å². The standard InChI is InChI=1S/C22H34N2O2/c1-17(2)19-8-6-18(7-9-19)14-23-12-5-10-22(15-23)11-13-24(16-22)20(25)21(3,4)26/h6-9,17,26H,5,10-16H2,1-4H3. The summed E-state index contributed by atoms with van der Waals surface area (Å²) in [6.07, 6.45) is 3.43. The van der Waals surface area contributed by atoms with E-state index in [-0.39, 0.29) is 11.3 Å². The Morgan fingerprint density at radius 3 is 2.46 bits per heavy atom. The maximum absolute atomic E-state index is 12.4. The molecule has 0 bridgehead atoms. The van der Waals surface area contributed by atoms with Crippen molar-refractivity contribution in [1.29, 1.82) is 0 Å². The molecule has 2 saturated heterocycles. The van der Waals surface area contributed by atoms with E-state index in [0.717, 1.165) is 39.1 Å². The van der Waals surface area contributed by atoms with Gasteiger partial charge in [0.25, 0.3) is 5.91 Å². The molecule has 2 aliphatic rings. The summed E-state index contributed by atoms with van der Waals surface area (Å²) >= 11 is 0. The minimum absolute atomic E-state index is 0.129. The largest absolute Gasteiger partial charge is 0.381 e. The second-order valence-electron chi connectivity index (χ2n) is 9.25. The van der Waals surface area contributed by atoms with Crippen LogP contribution < -0.4 is 0 Å². The highest BCUT2D eigenvalue weighted by Gasteiger charge is 2.44. The Hall–Kier alpha value is -1.39. The number of likely N-dealkylation sites (tertiary alicyclic amines) is 2. The second kappa shape index (κ2) is 7.32. The number of carbonyl (C=O) groups excluding carboxylic acids is 1. The van der Waals surface area contributed by atoms with Gasteiger partial charge in [0.1, 0.15) is 5.60 Å². The molecule has 1 aromatic rings. The van der Waals surface area contributed by atoms with Crippen LogP contribution in [-0.2, 0) is 11.3 Å². The van der Waals surface area contributed by atoms with Gasteiger partial charge in [-0.15, -0.1) is 0 Å². The number of aliphatic hydroxyl groups is 1. The number of nitrogens with zero attached hydrogens (tertiary/aromatic N) is 2. The molecule has 0 aliphatic carbocycles. The van der Waals surface area contributed by atoms with Crippen LogP contribution in [0.4, 0.5) is 0 Å². The average molecular weight is 359 g/mol. The van der Waals surface area contributed by atoms with E-state index in [1.165, 1.54) is 24.0 Å². The Balaban J connectivity index is 1.62. The van der Waals surface area contributed by atoms with Gasteiger partial charge in [0.2, 0.25) is 0 Å². The first-order valence-corrected chi connectivity index (χ1v) is 10.0. The molecule has 0 radical (unpaired) electrons. The fraction of sp³-hybridized carbons (Fsp3) is 0.682. The molecule has 1 N–H and O–H groups in total. The summed E-state index contributed by atoms with van der Waals surface area (Å²) in [5, 5.41) is 10.0. The maximum atomic E-state index is 12.4. The van der Waals surface area contributed by atoms with Crippen molar-refractivity contribution in [3.8, 4) is 0 Å². The van der Waals surface area contributed by atoms with Crippen LogP contribution in [0.25, 0.3) is 0 Å². The fourth-order valence-electron chi connectivity index (χ4n) is 4.54. The van der Waals surface area contributed by atoms with Gasteiger partial charge in [0.05, 0.1) is 0 Å². The summed E-state index contributed by atoms with van der Waals surface area (Å²) in [6.45, 7) is 12.4. The highest BCUT2D eigenvalue weighted by atomic mass is 16.3. The van der Waals surface area contributed by atoms with E-state index in [0.29, 0.717) is 5.92 Å². The molecule has 2 aliphatic heterocycles. The van der Waals surface area contributed by atoms with Crippen molar-refractivity contribution in [2.75, 3.05) is 26.2 Å². The van der Waals surface area contributed by atoms with Crippen molar-refractivity contribution in [2.24, 2.45) is 5.41 Å². The second-order valence-corrected chi connectivity index (χ2v) is 9.25. The summed E-state index contributed by atoms with van der Waals surface area (Å²) in [6, 6.07) is 9.02. The van der Waals surface area contributed by atoms with Gasteiger partial charge in [-0.3, -0.25) is 9.69 Å². The SMILES string of the molecule is CC(C)c1ccc(CN2CCCC3(CCN(C(=O)C(C)(C)O)C3)C2)cc1. The minimum atomic E-state index is -1.27. The number of piperidine rings is 1. The normalized spacial score (nSPS) is 24.6. The van der Waals surface area contributed by atoms with E-state index in [1.807, 2.05) is 4.90 Å². The van der Waals surface area contributed by atoms with Crippen LogP contribution in [-0.4, -0.2) is 52.6 Å². The molecular formula is C22H34N2O2. The quantitative estimate of drug-likeness (QED) is 0.897. The topological polar surface area (TPSA) is 43.8 Å². The maximum Gasteiger partial charge on any atom is 0.253 e. The molecule has 1 unspecified atom stereocenters. The van der Waals surface area contributed by atoms with Crippen molar-refractivity contribution in [2.45, 2.75) is 65.0 Å². The van der Waals surface area contributed by atoms with Crippen LogP contribution >= 0.6 is 0 Å². The van der Waals surface area contributed by atoms with Crippen LogP contribution in [0.1, 0.15) is 64.0 Å². The monoisotopic (exact) mass is 358 g/mol. The third-order valence-corrected chi connectivity index (χ3v) is 6.04. The van der Waals surface area contributed by atoms with Gasteiger partial charge in [-0.1, -0.05) is 38.1 Å². The highest BCUT2D eigenvalue weighted by molar-refractivity contribution is 5.84. The van der Waals surface area contributed by atoms with E-state index in [9.17, 15) is 9.90 Å². The Bertz CT molecular complexity index is 633. The van der Waals surface area contributed by atoms with E-state index in [4.69, 9.17) is 0 Å². The lowest BCUT2D eigenvalue weighted by atomic mass is 9.79. The molecule has 2 heterocycles. The average Bonchev–Trinajstić information content (AvgIpc) is 2.97. The molecule has 2 fully saturated rings. The van der Waals surface area contributed by atoms with Gasteiger partial charge >= 0.3 is 0 Å². The third-order valence-electron chi connectivity index (χ3n) is 6.04. The van der Waals surface area contributed by atoms with Crippen LogP contribution in [0.5, 0.6) is 0 Å². The minimum Gasteiger partial charge on any atom is -0.381 e. The summed E-state index contributed by atoms with van der Waals surface area (Å²) in [5.41, 5.74) is 1.70. The van der Waals surface area contributed by atoms with Crippen LogP contribution in [0.15, 0.2) is 24.3 Å². The van der Waals surface area contributed by atoms with Gasteiger partial charge < -0.3 is 10.0 Å². The van der Waals surface area contributed by atoms with Gasteiger partial charge in [-0.2, -0.15) is 0 Å². The lowest BCUT2D eigenvalue weighted by molar-refractivity contribution is -0.147. The summed E-state index contributed by atoms with van der Waals surface area (Å²) in [4.78, 5) is 16.8. The van der Waals surface area contributed by atoms with Crippen molar-refractivity contribution >= 4 is 5.91 Å². The third kappa shape index (κ3) is 4.29. The molecule has 0 saturated carbocycles. The molecule has 144 valence electrons. The van der Waals surface area contributed by atoms with Crippen molar-refractivity contribution < 1.29 is 9.90 Å². The molecule has 1 spiro atoms. The number of hydrogen-bond acceptors (Lipinski definition) is 3. The van der Waals surface area contributed by atoms with Crippen LogP contribution in [0.2, 0.25) is 0 Å². The summed E-state index contributed by atoms with van der Waals surface area (Å²) < 4.78 is 0. The van der Waals surface area contributed by atoms with E-state index >= 15 is 0 Å². The molecular weight excluding hydrogens is 324 g/mol. The van der Waals surface area contributed by atoms with Crippen LogP contribution in [0.3, 0.4) is 0 Å². The number of hydrogen-bond donors (Lipinski definition) is 1. The zero-order valence-corrected chi connectivity index (χ0v) is 16.8. The first kappa shape index (κ1) is 19.4. The Morgan fingerprint density at radius 2 is 1.85 bits per heavy atom. The van der Waals surface area contributed by atoms with Gasteiger partial charge in [0, 0.05) is 31.6 Å². The Morgan fingerprint density at radius 1 is 1.15 bits per heavy atom. The highest BCUT2D eigenvalue weighted by Crippen LogP contribution is 2.40. The molecule has 1 amide bonds. The number of carbonyl (C=O) groups is 1. The molecule has 3 rings (SSSR count). The molecule has 4 nitrogen and oxygen atoms in total. The lowest BCUT2D eigenvalue weighted by Gasteiger charge is -2.40. The summed E-state index contributed by atoms with van der Waals surface area (Å²) in [7, 11) is 0. The summed E-state index contributed by atoms with van der Waals surface area (Å²) in [5.74, 6) is 0.441. The van der Waals surface area contributed by atoms with Gasteiger partial charge in [-0.25, -0.2) is 0 Å². The fourth-order valence-corrected chi connectivity index (χ4v) is 4.54. The van der Waals surface area contributed by atoms with Crippen molar-refractivity contribution in [3.63, 3.8) is 0 Å². The zero-order chi connectivity index (χ0) is 18.9. The lowest BCUT2D eigenvalue weighted by Crippen LogP contribution is -2.48. The predicted octanol–water partition coefficient (Wildman–Crippen LogP) is 3.40. The smallest absolute Gasteiger partial charge is 0.253 e. The van der Waals surface area contributed by atoms with Gasteiger partial charge in [-0.05, 0) is 56.7 Å². The van der Waals surface area contributed by atoms with E-state index in [2.05, 4.69) is 43.0 Å². The van der Waals surface area contributed by atoms with Crippen LogP contribution in [0, 0.1) is 5.41 Å². The first-order chi connectivity index (χ1) is 12.2. The number of benzene rings is 1. The number of amides is 1. The predicted molar refractivity (Wildman–Crippen MR) is 105 cm³/mol. The first-order valence-electron chi connectivity index (χ1n) is 10.0. The van der Waals surface area contributed by atoms with E-state index in [1.54, 1.807) is 13.8 Å². The molecule has 1 aromatic carbocycles. The van der Waals surface area contributed by atoms with Crippen molar-refractivity contribution in [3.05, 3.63) is 35.4 Å². The molecule has 26 heavy (non-hydrogen) atoms. The van der Waals surface area contributed by atoms with E-state index < -0.39 is 5.60 Å². The van der Waals surface area contributed by atoms with Crippen molar-refractivity contribution in [1.82, 2.24) is 9.80 Å². The molecule has 0 aromatic heterocycles. The zero-order valence-electron chi connectivity index (χ0n) is 16.8.